The number of aryl methyl sites for hydroxylation is 2. The second-order valence-corrected chi connectivity index (χ2v) is 20.5. The molecule has 10 rings (SSSR count). The molecule has 8 heterocycles. The van der Waals surface area contributed by atoms with Crippen LogP contribution in [0.4, 0.5) is 26.1 Å². The Morgan fingerprint density at radius 3 is 1.55 bits per heavy atom. The third-order valence-electron chi connectivity index (χ3n) is 13.8. The molecular formula is C65H92BF2N12O11. The number of hydrogen-bond donors (Lipinski definition) is 6. The highest BCUT2D eigenvalue weighted by Gasteiger charge is 2.29. The van der Waals surface area contributed by atoms with Crippen molar-refractivity contribution in [3.8, 4) is 11.5 Å². The molecule has 23 nitrogen and oxygen atoms in total. The fourth-order valence-electron chi connectivity index (χ4n) is 9.10. The number of nitrogens with one attached hydrogen (secondary N) is 1. The van der Waals surface area contributed by atoms with Crippen LogP contribution in [0.5, 0.6) is 0 Å². The fourth-order valence-corrected chi connectivity index (χ4v) is 9.10. The van der Waals surface area contributed by atoms with Crippen molar-refractivity contribution in [1.82, 2.24) is 44.9 Å². The maximum absolute atomic E-state index is 12.8. The van der Waals surface area contributed by atoms with Crippen molar-refractivity contribution in [3.63, 3.8) is 0 Å². The second kappa shape index (κ2) is 41.5. The molecule has 0 bridgehead atoms. The molecule has 3 saturated heterocycles. The molecule has 91 heavy (non-hydrogen) atoms. The lowest BCUT2D eigenvalue weighted by Crippen LogP contribution is -2.32. The summed E-state index contributed by atoms with van der Waals surface area (Å²) in [6.45, 7) is 13.3. The first kappa shape index (κ1) is 82.2. The van der Waals surface area contributed by atoms with Gasteiger partial charge in [0, 0.05) is 96.3 Å². The number of likely N-dealkylation sites (N-methyl/N-ethyl adjacent to an activating group) is 3. The molecule has 0 saturated carbocycles. The van der Waals surface area contributed by atoms with Gasteiger partial charge in [0.25, 0.3) is 0 Å². The maximum atomic E-state index is 12.8. The maximum Gasteiger partial charge on any atom is 0.347 e. The molecule has 3 aliphatic rings. The van der Waals surface area contributed by atoms with Crippen molar-refractivity contribution in [1.29, 1.82) is 0 Å². The molecule has 0 amide bonds. The van der Waals surface area contributed by atoms with Gasteiger partial charge in [0.1, 0.15) is 28.3 Å². The predicted molar refractivity (Wildman–Crippen MR) is 356 cm³/mol. The average Bonchev–Trinajstić information content (AvgIpc) is 3.02. The van der Waals surface area contributed by atoms with Crippen LogP contribution in [-0.2, 0) is 4.74 Å². The number of anilines is 3. The standard InChI is InChI=1S/C20H22N4O2.C12H17N3O2.C8H8FNO2.C8H9NO2.C6H4FNO2.C6H14N2.C2H6O.3CH4.B/c1-13-6-4-8-16-17(13)20(25)26-19(22-16)15-7-5-10-21-18(15)24-11-9-14(12-24)23(2)3;1-14(2)9-5-7-15(8-9)11-10(12(16)17)4-3-6-13-11;1-2-12-8(11)6-4-3-5-10-7(6)9;1-5-3-2-4-6(9)7(5)8(10)11;7-5-4(6(9)10)2-1-3-8-5;1-8(2)6-3-4-7-5-6;1-2-3;;;;/h4-8,10,14H,9,11-12H2,1-3H3;3-4,6,9H,5,7-8H2,1-2H3,(H,16,17);3-5H,2H2,1H3;2-4H,9H2,1H3,(H,10,11);1-3H,(H,9,10);6-7H,3-5H2,1-2H3;3H,2H2,1H3;3*1H4;. The van der Waals surface area contributed by atoms with Gasteiger partial charge in [0.05, 0.1) is 28.6 Å². The predicted octanol–water partition coefficient (Wildman–Crippen LogP) is 8.65. The minimum Gasteiger partial charge on any atom is -0.478 e. The van der Waals surface area contributed by atoms with Crippen molar-refractivity contribution in [2.75, 3.05) is 110 Å². The highest BCUT2D eigenvalue weighted by molar-refractivity contribution is 5.95. The number of benzene rings is 2. The van der Waals surface area contributed by atoms with Crippen LogP contribution in [-0.4, -0.2) is 205 Å². The summed E-state index contributed by atoms with van der Waals surface area (Å²) >= 11 is 0. The molecule has 7 N–H and O–H groups in total. The zero-order valence-electron chi connectivity index (χ0n) is 51.4. The van der Waals surface area contributed by atoms with Gasteiger partial charge in [-0.15, -0.1) is 0 Å². The normalized spacial score (nSPS) is 14.9. The lowest BCUT2D eigenvalue weighted by atomic mass is 10.1. The number of esters is 1. The van der Waals surface area contributed by atoms with E-state index in [-0.39, 0.29) is 66.2 Å². The smallest absolute Gasteiger partial charge is 0.347 e. The van der Waals surface area contributed by atoms with Gasteiger partial charge >= 0.3 is 29.5 Å². The Kier molecular flexibility index (Phi) is 37.5. The quantitative estimate of drug-likeness (QED) is 0.0305. The van der Waals surface area contributed by atoms with E-state index >= 15 is 0 Å². The molecule has 2 aromatic carbocycles. The van der Waals surface area contributed by atoms with Crippen molar-refractivity contribution < 1.29 is 57.5 Å². The lowest BCUT2D eigenvalue weighted by Gasteiger charge is -2.22. The van der Waals surface area contributed by atoms with E-state index < -0.39 is 41.3 Å². The van der Waals surface area contributed by atoms with E-state index in [1.54, 1.807) is 63.5 Å². The summed E-state index contributed by atoms with van der Waals surface area (Å²) in [4.78, 5) is 86.1. The number of carboxylic acids is 3. The summed E-state index contributed by atoms with van der Waals surface area (Å²) in [5.74, 6) is -3.88. The molecule has 3 atom stereocenters. The molecule has 0 spiro atoms. The summed E-state index contributed by atoms with van der Waals surface area (Å²) in [5.41, 5.74) is 8.33. The van der Waals surface area contributed by atoms with E-state index in [4.69, 9.17) is 30.6 Å². The number of aliphatic hydroxyl groups is 1. The van der Waals surface area contributed by atoms with Crippen LogP contribution in [0.15, 0.2) is 119 Å². The first-order valence-corrected chi connectivity index (χ1v) is 28.0. The molecule has 0 aliphatic carbocycles. The Balaban J connectivity index is 0.00000110. The van der Waals surface area contributed by atoms with Gasteiger partial charge in [-0.25, -0.2) is 48.9 Å². The van der Waals surface area contributed by atoms with E-state index in [9.17, 15) is 32.8 Å². The number of nitrogens with zero attached hydrogens (tertiary/aromatic N) is 10. The Morgan fingerprint density at radius 2 is 1.12 bits per heavy atom. The number of rotatable bonds is 11. The van der Waals surface area contributed by atoms with Crippen LogP contribution in [0.2, 0.25) is 0 Å². The Labute approximate surface area is 535 Å². The molecule has 3 radical (unpaired) electrons. The molecule has 26 heteroatoms. The zero-order valence-corrected chi connectivity index (χ0v) is 51.4. The van der Waals surface area contributed by atoms with Gasteiger partial charge in [-0.1, -0.05) is 46.5 Å². The number of pyridine rings is 4. The van der Waals surface area contributed by atoms with Crippen LogP contribution < -0.4 is 26.5 Å². The minimum atomic E-state index is -1.30. The average molecular weight is 1270 g/mol. The first-order chi connectivity index (χ1) is 41.4. The number of hydrogen-bond acceptors (Lipinski definition) is 20. The zero-order chi connectivity index (χ0) is 64.3. The van der Waals surface area contributed by atoms with E-state index in [0.29, 0.717) is 45.9 Å². The Hall–Kier alpha value is -8.82. The molecule has 5 aromatic heterocycles. The molecule has 3 fully saturated rings. The number of carbonyl (C=O) groups is 4. The van der Waals surface area contributed by atoms with Gasteiger partial charge in [-0.2, -0.15) is 8.78 Å². The van der Waals surface area contributed by atoms with Crippen LogP contribution >= 0.6 is 0 Å². The van der Waals surface area contributed by atoms with Gasteiger partial charge in [-0.05, 0) is 168 Å². The van der Waals surface area contributed by atoms with Crippen molar-refractivity contribution in [2.24, 2.45) is 0 Å². The number of carbonyl (C=O) groups excluding carboxylic acids is 1. The van der Waals surface area contributed by atoms with Crippen molar-refractivity contribution in [3.05, 3.63) is 165 Å². The van der Waals surface area contributed by atoms with Crippen LogP contribution in [0.25, 0.3) is 22.4 Å². The first-order valence-electron chi connectivity index (χ1n) is 28.0. The SMILES string of the molecule is C.C.C.CCO.CCOC(=O)c1cccnc1F.CN(C)C1CCN(c2ncccc2C(=O)O)C1.CN(C)C1CCNC1.Cc1cccc(N)c1C(=O)O.Cc1cccc2nc(-c3cccnc3N3CCC(N(C)C)C3)oc(=O)c12.O=C(O)c1cccnc1F.[B]. The number of halogens is 2. The highest BCUT2D eigenvalue weighted by Crippen LogP contribution is 2.31. The largest absolute Gasteiger partial charge is 0.478 e. The second-order valence-electron chi connectivity index (χ2n) is 20.5. The summed E-state index contributed by atoms with van der Waals surface area (Å²) in [7, 11) is 12.6. The van der Waals surface area contributed by atoms with Crippen molar-refractivity contribution >= 4 is 60.5 Å². The lowest BCUT2D eigenvalue weighted by molar-refractivity contribution is 0.0518. The number of aromatic carboxylic acids is 3. The van der Waals surface area contributed by atoms with E-state index in [1.807, 2.05) is 56.3 Å². The third kappa shape index (κ3) is 24.8. The van der Waals surface area contributed by atoms with Gasteiger partial charge in [0.15, 0.2) is 0 Å². The number of nitrogens with two attached hydrogens (primary N) is 1. The number of fused-ring (bicyclic) bond motifs is 1. The monoisotopic (exact) mass is 1270 g/mol. The van der Waals surface area contributed by atoms with E-state index in [1.165, 1.54) is 50.1 Å². The molecule has 7 aromatic rings. The Bertz CT molecular complexity index is 3390. The van der Waals surface area contributed by atoms with Crippen LogP contribution in [0, 0.1) is 25.7 Å². The summed E-state index contributed by atoms with van der Waals surface area (Å²) in [5, 5.41) is 37.5. The number of nitrogen functional groups attached to an aromatic ring is 1. The highest BCUT2D eigenvalue weighted by atomic mass is 19.1. The number of carboxylic acid groups (broad SMARTS) is 3. The molecule has 495 valence electrons. The van der Waals surface area contributed by atoms with Crippen LogP contribution in [0.1, 0.15) is 108 Å². The van der Waals surface area contributed by atoms with Crippen LogP contribution in [0.3, 0.4) is 0 Å². The number of ether oxygens (including phenoxy) is 1. The minimum absolute atomic E-state index is 0. The van der Waals surface area contributed by atoms with Gasteiger partial charge in [0.2, 0.25) is 17.8 Å². The fraction of sp³-hybridized carbons (Fsp3) is 0.415. The molecule has 3 aliphatic heterocycles. The third-order valence-corrected chi connectivity index (χ3v) is 13.8. The number of aliphatic hydroxyl groups excluding tert-OH is 1. The molecule has 3 unspecified atom stereocenters. The number of aromatic nitrogens is 5. The van der Waals surface area contributed by atoms with E-state index in [2.05, 4.69) is 82.8 Å². The summed E-state index contributed by atoms with van der Waals surface area (Å²) in [6, 6.07) is 24.8. The molecular weight excluding hydrogens is 1170 g/mol. The van der Waals surface area contributed by atoms with E-state index in [0.717, 1.165) is 68.1 Å². The Morgan fingerprint density at radius 1 is 0.648 bits per heavy atom. The summed E-state index contributed by atoms with van der Waals surface area (Å²) < 4.78 is 35.3. The van der Waals surface area contributed by atoms with Gasteiger partial charge in [-0.3, -0.25) is 0 Å². The van der Waals surface area contributed by atoms with Crippen molar-refractivity contribution in [2.45, 2.75) is 87.4 Å². The topological polar surface area (TPSA) is 307 Å². The van der Waals surface area contributed by atoms with Gasteiger partial charge < -0.3 is 65.1 Å². The summed E-state index contributed by atoms with van der Waals surface area (Å²) in [6.07, 6.45) is 9.32.